The number of amidine groups is 1. The number of nitrogens with one attached hydrogen (secondary N) is 1. The Labute approximate surface area is 173 Å². The van der Waals surface area contributed by atoms with Crippen LogP contribution in [0, 0.1) is 11.6 Å². The number of fused-ring (bicyclic) bond motifs is 1. The predicted octanol–water partition coefficient (Wildman–Crippen LogP) is 3.38. The fourth-order valence-electron chi connectivity index (χ4n) is 3.46. The monoisotopic (exact) mass is 432 g/mol. The van der Waals surface area contributed by atoms with Gasteiger partial charge in [-0.05, 0) is 37.3 Å². The zero-order chi connectivity index (χ0) is 22.3. The molecule has 160 valence electrons. The number of nitrogens with zero attached hydrogens (tertiary/aromatic N) is 4. The van der Waals surface area contributed by atoms with Crippen molar-refractivity contribution in [1.29, 1.82) is 0 Å². The Morgan fingerprint density at radius 1 is 1.19 bits per heavy atom. The number of carbonyl (C=O) groups is 1. The van der Waals surface area contributed by atoms with Crippen LogP contribution in [0.15, 0.2) is 47.7 Å². The molecule has 0 fully saturated rings. The molecule has 1 aliphatic rings. The van der Waals surface area contributed by atoms with Gasteiger partial charge in [0.1, 0.15) is 28.6 Å². The minimum absolute atomic E-state index is 0.0388. The zero-order valence-corrected chi connectivity index (χ0v) is 16.1. The van der Waals surface area contributed by atoms with Gasteiger partial charge in [0.05, 0.1) is 18.9 Å². The molecule has 2 aromatic heterocycles. The van der Waals surface area contributed by atoms with Crippen molar-refractivity contribution in [3.8, 4) is 0 Å². The number of amides is 1. The molecule has 0 saturated carbocycles. The number of aliphatic imine (C=N–C) groups is 1. The number of anilines is 1. The first-order chi connectivity index (χ1) is 14.7. The van der Waals surface area contributed by atoms with E-state index in [1.54, 1.807) is 6.92 Å². The molecule has 3 heterocycles. The summed E-state index contributed by atoms with van der Waals surface area (Å²) in [5, 5.41) is 2.55. The first-order valence-electron chi connectivity index (χ1n) is 9.10. The molecule has 1 aromatic carbocycles. The van der Waals surface area contributed by atoms with E-state index in [9.17, 15) is 22.4 Å². The molecule has 0 radical (unpaired) electrons. The summed E-state index contributed by atoms with van der Waals surface area (Å²) < 4.78 is 55.7. The Balaban J connectivity index is 1.68. The van der Waals surface area contributed by atoms with Gasteiger partial charge in [-0.2, -0.15) is 0 Å². The topological polar surface area (TPSA) is 98.2 Å². The van der Waals surface area contributed by atoms with Crippen LogP contribution in [-0.4, -0.2) is 26.3 Å². The van der Waals surface area contributed by atoms with Gasteiger partial charge < -0.3 is 15.6 Å². The molecule has 7 nitrogen and oxygen atoms in total. The maximum Gasteiger partial charge on any atom is 0.280 e. The molecule has 1 amide bonds. The first-order valence-corrected chi connectivity index (χ1v) is 9.10. The normalized spacial score (nSPS) is 17.9. The van der Waals surface area contributed by atoms with Gasteiger partial charge in [-0.1, -0.05) is 0 Å². The van der Waals surface area contributed by atoms with Crippen molar-refractivity contribution in [3.63, 3.8) is 0 Å². The highest BCUT2D eigenvalue weighted by molar-refractivity contribution is 6.02. The summed E-state index contributed by atoms with van der Waals surface area (Å²) in [4.78, 5) is 24.2. The molecule has 0 aliphatic carbocycles. The number of aromatic nitrogens is 3. The Kier molecular flexibility index (Phi) is 4.96. The number of imidazole rings is 1. The van der Waals surface area contributed by atoms with E-state index in [1.165, 1.54) is 22.8 Å². The molecule has 0 saturated heterocycles. The van der Waals surface area contributed by atoms with E-state index in [0.29, 0.717) is 0 Å². The number of hydrogen-bond acceptors (Lipinski definition) is 5. The number of alkyl halides is 2. The van der Waals surface area contributed by atoms with Crippen molar-refractivity contribution < 1.29 is 22.4 Å². The van der Waals surface area contributed by atoms with Gasteiger partial charge in [0, 0.05) is 11.3 Å². The Morgan fingerprint density at radius 3 is 2.65 bits per heavy atom. The Bertz CT molecular complexity index is 1190. The summed E-state index contributed by atoms with van der Waals surface area (Å²) in [6.07, 6.45) is -0.888. The van der Waals surface area contributed by atoms with E-state index >= 15 is 0 Å². The van der Waals surface area contributed by atoms with Crippen molar-refractivity contribution in [2.24, 2.45) is 10.7 Å². The molecule has 0 bridgehead atoms. The van der Waals surface area contributed by atoms with Gasteiger partial charge in [0.2, 0.25) is 0 Å². The average molecular weight is 432 g/mol. The largest absolute Gasteiger partial charge is 0.381 e. The summed E-state index contributed by atoms with van der Waals surface area (Å²) in [5.41, 5.74) is 4.45. The van der Waals surface area contributed by atoms with Crippen molar-refractivity contribution in [3.05, 3.63) is 77.1 Å². The van der Waals surface area contributed by atoms with Crippen molar-refractivity contribution in [1.82, 2.24) is 14.5 Å². The lowest BCUT2D eigenvalue weighted by molar-refractivity contribution is 0.102. The number of hydrogen-bond donors (Lipinski definition) is 2. The number of rotatable bonds is 4. The Morgan fingerprint density at radius 2 is 1.97 bits per heavy atom. The molecule has 31 heavy (non-hydrogen) atoms. The van der Waals surface area contributed by atoms with Gasteiger partial charge in [-0.15, -0.1) is 0 Å². The van der Waals surface area contributed by atoms with E-state index in [-0.39, 0.29) is 40.8 Å². The fourth-order valence-corrected chi connectivity index (χ4v) is 3.46. The van der Waals surface area contributed by atoms with Gasteiger partial charge in [-0.3, -0.25) is 9.79 Å². The molecule has 1 aliphatic heterocycles. The molecule has 1 atom stereocenters. The maximum absolute atomic E-state index is 14.7. The highest BCUT2D eigenvalue weighted by Crippen LogP contribution is 2.36. The quantitative estimate of drug-likeness (QED) is 0.618. The van der Waals surface area contributed by atoms with Crippen LogP contribution in [0.4, 0.5) is 23.2 Å². The average Bonchev–Trinajstić information content (AvgIpc) is 3.14. The van der Waals surface area contributed by atoms with Crippen LogP contribution in [0.25, 0.3) is 0 Å². The molecule has 3 aromatic rings. The lowest BCUT2D eigenvalue weighted by atomic mass is 9.90. The molecule has 1 unspecified atom stereocenters. The minimum Gasteiger partial charge on any atom is -0.381 e. The van der Waals surface area contributed by atoms with Gasteiger partial charge in [-0.25, -0.2) is 27.5 Å². The smallest absolute Gasteiger partial charge is 0.280 e. The van der Waals surface area contributed by atoms with E-state index in [4.69, 9.17) is 5.73 Å². The molecule has 11 heteroatoms. The second kappa shape index (κ2) is 7.49. The summed E-state index contributed by atoms with van der Waals surface area (Å²) in [5.74, 6) is -1.90. The van der Waals surface area contributed by atoms with Crippen LogP contribution in [0.1, 0.15) is 40.9 Å². The van der Waals surface area contributed by atoms with Gasteiger partial charge in [0.25, 0.3) is 12.3 Å². The summed E-state index contributed by atoms with van der Waals surface area (Å²) in [7, 11) is 0. The maximum atomic E-state index is 14.7. The van der Waals surface area contributed by atoms with E-state index < -0.39 is 29.5 Å². The third-order valence-corrected chi connectivity index (χ3v) is 4.94. The van der Waals surface area contributed by atoms with Crippen LogP contribution < -0.4 is 11.1 Å². The SMILES string of the molecule is CC1(c2cc(NC(=O)c3ccc(F)cn3)ccc2F)Cn2c(C(F)F)cnc2C(N)=N1. The lowest BCUT2D eigenvalue weighted by Crippen LogP contribution is -2.38. The van der Waals surface area contributed by atoms with Crippen LogP contribution in [0.3, 0.4) is 0 Å². The van der Waals surface area contributed by atoms with Crippen LogP contribution in [0.2, 0.25) is 0 Å². The number of carbonyl (C=O) groups excluding carboxylic acids is 1. The highest BCUT2D eigenvalue weighted by Gasteiger charge is 2.37. The highest BCUT2D eigenvalue weighted by atomic mass is 19.3. The van der Waals surface area contributed by atoms with Crippen LogP contribution >= 0.6 is 0 Å². The molecule has 4 rings (SSSR count). The number of nitrogens with two attached hydrogens (primary N) is 1. The van der Waals surface area contributed by atoms with E-state index in [1.807, 2.05) is 0 Å². The number of halogens is 4. The lowest BCUT2D eigenvalue weighted by Gasteiger charge is -2.32. The number of benzene rings is 1. The Hall–Kier alpha value is -3.76. The zero-order valence-electron chi connectivity index (χ0n) is 16.1. The summed E-state index contributed by atoms with van der Waals surface area (Å²) in [6, 6.07) is 6.08. The van der Waals surface area contributed by atoms with Crippen molar-refractivity contribution in [2.45, 2.75) is 25.4 Å². The van der Waals surface area contributed by atoms with E-state index in [2.05, 4.69) is 20.3 Å². The third kappa shape index (κ3) is 3.74. The van der Waals surface area contributed by atoms with Crippen LogP contribution in [0.5, 0.6) is 0 Å². The van der Waals surface area contributed by atoms with Gasteiger partial charge >= 0.3 is 0 Å². The summed E-state index contributed by atoms with van der Waals surface area (Å²) in [6.45, 7) is 1.42. The predicted molar refractivity (Wildman–Crippen MR) is 104 cm³/mol. The summed E-state index contributed by atoms with van der Waals surface area (Å²) >= 11 is 0. The number of pyridine rings is 1. The standard InChI is InChI=1S/C20H16F4N6O/c1-20(9-30-15(16(23)24)8-27-18(30)17(25)29-20)12-6-11(3-4-13(12)22)28-19(31)14-5-2-10(21)7-26-14/h2-8,16H,9H2,1H3,(H2,25,29)(H,28,31). The fraction of sp³-hybridized carbons (Fsp3) is 0.200. The minimum atomic E-state index is -2.80. The first kappa shape index (κ1) is 20.5. The molecule has 0 spiro atoms. The molecular weight excluding hydrogens is 416 g/mol. The van der Waals surface area contributed by atoms with Crippen molar-refractivity contribution in [2.75, 3.05) is 5.32 Å². The third-order valence-electron chi connectivity index (χ3n) is 4.94. The second-order valence-electron chi connectivity index (χ2n) is 7.17. The molecule has 3 N–H and O–H groups in total. The van der Waals surface area contributed by atoms with E-state index in [0.717, 1.165) is 24.5 Å². The molecular formula is C20H16F4N6O. The van der Waals surface area contributed by atoms with Crippen molar-refractivity contribution >= 4 is 17.4 Å². The second-order valence-corrected chi connectivity index (χ2v) is 7.17. The van der Waals surface area contributed by atoms with Gasteiger partial charge in [0.15, 0.2) is 11.7 Å². The van der Waals surface area contributed by atoms with Crippen LogP contribution in [-0.2, 0) is 12.1 Å².